The Balaban J connectivity index is 0.000000379. The van der Waals surface area contributed by atoms with Crippen LogP contribution in [0.15, 0.2) is 24.3 Å². The summed E-state index contributed by atoms with van der Waals surface area (Å²) in [6, 6.07) is 8.47. The Hall–Kier alpha value is -1.63. The molecule has 0 saturated carbocycles. The maximum Gasteiger partial charge on any atom is 0.414 e. The van der Waals surface area contributed by atoms with Gasteiger partial charge in [0.2, 0.25) is 0 Å². The SMILES string of the molecule is NCC(c1ccc(Cl)cc1)N1CCCCCC1.O=C(O)C(=O)O. The van der Waals surface area contributed by atoms with Gasteiger partial charge in [-0.05, 0) is 43.6 Å². The zero-order chi connectivity index (χ0) is 17.2. The van der Waals surface area contributed by atoms with E-state index < -0.39 is 11.9 Å². The molecule has 4 N–H and O–H groups in total. The summed E-state index contributed by atoms with van der Waals surface area (Å²) in [6.07, 6.45) is 5.30. The van der Waals surface area contributed by atoms with E-state index in [0.29, 0.717) is 12.6 Å². The summed E-state index contributed by atoms with van der Waals surface area (Å²) in [6.45, 7) is 3.02. The minimum Gasteiger partial charge on any atom is -0.473 e. The first-order valence-corrected chi connectivity index (χ1v) is 7.99. The van der Waals surface area contributed by atoms with Crippen molar-refractivity contribution >= 4 is 23.5 Å². The smallest absolute Gasteiger partial charge is 0.414 e. The van der Waals surface area contributed by atoms with Crippen LogP contribution in [0, 0.1) is 0 Å². The zero-order valence-electron chi connectivity index (χ0n) is 12.9. The van der Waals surface area contributed by atoms with Crippen molar-refractivity contribution in [1.29, 1.82) is 0 Å². The predicted octanol–water partition coefficient (Wildman–Crippen LogP) is 2.37. The van der Waals surface area contributed by atoms with Crippen molar-refractivity contribution in [3.63, 3.8) is 0 Å². The van der Waals surface area contributed by atoms with Crippen LogP contribution in [0.5, 0.6) is 0 Å². The fraction of sp³-hybridized carbons (Fsp3) is 0.500. The van der Waals surface area contributed by atoms with E-state index in [1.165, 1.54) is 44.3 Å². The highest BCUT2D eigenvalue weighted by Gasteiger charge is 2.19. The van der Waals surface area contributed by atoms with Gasteiger partial charge in [0.25, 0.3) is 0 Å². The fourth-order valence-electron chi connectivity index (χ4n) is 2.59. The molecule has 0 aromatic heterocycles. The molecule has 1 aromatic rings. The summed E-state index contributed by atoms with van der Waals surface area (Å²) >= 11 is 5.93. The fourth-order valence-corrected chi connectivity index (χ4v) is 2.71. The van der Waals surface area contributed by atoms with Gasteiger partial charge in [0.05, 0.1) is 0 Å². The van der Waals surface area contributed by atoms with E-state index in [1.807, 2.05) is 12.1 Å². The number of aliphatic carboxylic acids is 2. The van der Waals surface area contributed by atoms with Crippen LogP contribution in [-0.4, -0.2) is 46.7 Å². The van der Waals surface area contributed by atoms with Gasteiger partial charge in [0, 0.05) is 17.6 Å². The van der Waals surface area contributed by atoms with Gasteiger partial charge >= 0.3 is 11.9 Å². The number of hydrogen-bond donors (Lipinski definition) is 3. The van der Waals surface area contributed by atoms with Gasteiger partial charge in [-0.15, -0.1) is 0 Å². The van der Waals surface area contributed by atoms with Crippen molar-refractivity contribution in [2.45, 2.75) is 31.7 Å². The molecule has 128 valence electrons. The van der Waals surface area contributed by atoms with E-state index >= 15 is 0 Å². The Labute approximate surface area is 140 Å². The van der Waals surface area contributed by atoms with Gasteiger partial charge in [-0.1, -0.05) is 36.6 Å². The molecule has 0 aliphatic carbocycles. The molecule has 6 nitrogen and oxygen atoms in total. The number of halogens is 1. The third kappa shape index (κ3) is 6.99. The zero-order valence-corrected chi connectivity index (χ0v) is 13.7. The van der Waals surface area contributed by atoms with Gasteiger partial charge in [0.1, 0.15) is 0 Å². The van der Waals surface area contributed by atoms with Crippen molar-refractivity contribution in [2.75, 3.05) is 19.6 Å². The summed E-state index contributed by atoms with van der Waals surface area (Å²) < 4.78 is 0. The molecule has 7 heteroatoms. The number of rotatable bonds is 3. The van der Waals surface area contributed by atoms with E-state index in [9.17, 15) is 0 Å². The van der Waals surface area contributed by atoms with Crippen LogP contribution in [0.25, 0.3) is 0 Å². The standard InChI is InChI=1S/C14H21ClN2.C2H2O4/c15-13-7-5-12(6-8-13)14(11-16)17-9-3-1-2-4-10-17;3-1(4)2(5)6/h5-8,14H,1-4,9-11,16H2;(H,3,4)(H,5,6). The molecular formula is C16H23ClN2O4. The van der Waals surface area contributed by atoms with Crippen molar-refractivity contribution in [3.8, 4) is 0 Å². The highest BCUT2D eigenvalue weighted by molar-refractivity contribution is 6.30. The minimum atomic E-state index is -1.82. The molecule has 1 unspecified atom stereocenters. The van der Waals surface area contributed by atoms with Crippen molar-refractivity contribution in [2.24, 2.45) is 5.73 Å². The average molecular weight is 343 g/mol. The summed E-state index contributed by atoms with van der Waals surface area (Å²) in [7, 11) is 0. The molecule has 1 aromatic carbocycles. The first-order valence-electron chi connectivity index (χ1n) is 7.61. The molecule has 1 saturated heterocycles. The van der Waals surface area contributed by atoms with E-state index in [0.717, 1.165) is 5.02 Å². The second-order valence-corrected chi connectivity index (χ2v) is 5.80. The number of hydrogen-bond acceptors (Lipinski definition) is 4. The van der Waals surface area contributed by atoms with Crippen molar-refractivity contribution in [3.05, 3.63) is 34.9 Å². The van der Waals surface area contributed by atoms with E-state index in [2.05, 4.69) is 17.0 Å². The molecule has 0 amide bonds. The molecule has 1 aliphatic heterocycles. The maximum atomic E-state index is 9.10. The highest BCUT2D eigenvalue weighted by atomic mass is 35.5. The topological polar surface area (TPSA) is 104 Å². The lowest BCUT2D eigenvalue weighted by Gasteiger charge is -2.30. The number of carboxylic acid groups (broad SMARTS) is 2. The number of likely N-dealkylation sites (tertiary alicyclic amines) is 1. The van der Waals surface area contributed by atoms with Gasteiger partial charge in [-0.25, -0.2) is 9.59 Å². The molecule has 1 heterocycles. The summed E-state index contributed by atoms with van der Waals surface area (Å²) in [4.78, 5) is 20.7. The maximum absolute atomic E-state index is 9.10. The van der Waals surface area contributed by atoms with Gasteiger partial charge in [-0.3, -0.25) is 4.90 Å². The molecule has 0 bridgehead atoms. The third-order valence-corrected chi connectivity index (χ3v) is 3.99. The third-order valence-electron chi connectivity index (χ3n) is 3.74. The molecule has 0 spiro atoms. The second-order valence-electron chi connectivity index (χ2n) is 5.36. The predicted molar refractivity (Wildman–Crippen MR) is 88.6 cm³/mol. The molecule has 1 fully saturated rings. The lowest BCUT2D eigenvalue weighted by Crippen LogP contribution is -2.34. The van der Waals surface area contributed by atoms with Crippen LogP contribution in [-0.2, 0) is 9.59 Å². The van der Waals surface area contributed by atoms with Gasteiger partial charge in [-0.2, -0.15) is 0 Å². The Kier molecular flexibility index (Phi) is 8.61. The average Bonchev–Trinajstić information content (AvgIpc) is 2.80. The summed E-state index contributed by atoms with van der Waals surface area (Å²) in [5, 5.41) is 15.6. The first kappa shape index (κ1) is 19.4. The van der Waals surface area contributed by atoms with Crippen LogP contribution >= 0.6 is 11.6 Å². The quantitative estimate of drug-likeness (QED) is 0.728. The number of carboxylic acids is 2. The molecule has 0 radical (unpaired) electrons. The molecular weight excluding hydrogens is 320 g/mol. The normalized spacial score (nSPS) is 16.6. The van der Waals surface area contributed by atoms with Gasteiger partial charge < -0.3 is 15.9 Å². The molecule has 2 rings (SSSR count). The second kappa shape index (κ2) is 10.2. The monoisotopic (exact) mass is 342 g/mol. The lowest BCUT2D eigenvalue weighted by atomic mass is 10.1. The van der Waals surface area contributed by atoms with Crippen LogP contribution < -0.4 is 5.73 Å². The summed E-state index contributed by atoms with van der Waals surface area (Å²) in [5.41, 5.74) is 7.24. The minimum absolute atomic E-state index is 0.352. The Morgan fingerprint density at radius 2 is 1.52 bits per heavy atom. The highest BCUT2D eigenvalue weighted by Crippen LogP contribution is 2.24. The van der Waals surface area contributed by atoms with E-state index in [-0.39, 0.29) is 0 Å². The summed E-state index contributed by atoms with van der Waals surface area (Å²) in [5.74, 6) is -3.65. The Morgan fingerprint density at radius 1 is 1.04 bits per heavy atom. The number of nitrogens with two attached hydrogens (primary N) is 1. The number of carbonyl (C=O) groups is 2. The molecule has 1 aliphatic rings. The number of benzene rings is 1. The van der Waals surface area contributed by atoms with Gasteiger partial charge in [0.15, 0.2) is 0 Å². The number of nitrogens with zero attached hydrogens (tertiary/aromatic N) is 1. The van der Waals surface area contributed by atoms with E-state index in [4.69, 9.17) is 37.1 Å². The largest absolute Gasteiger partial charge is 0.473 e. The van der Waals surface area contributed by atoms with Crippen molar-refractivity contribution < 1.29 is 19.8 Å². The van der Waals surface area contributed by atoms with Crippen LogP contribution in [0.1, 0.15) is 37.3 Å². The molecule has 23 heavy (non-hydrogen) atoms. The van der Waals surface area contributed by atoms with Crippen molar-refractivity contribution in [1.82, 2.24) is 4.90 Å². The van der Waals surface area contributed by atoms with Crippen LogP contribution in [0.3, 0.4) is 0 Å². The Morgan fingerprint density at radius 3 is 1.91 bits per heavy atom. The first-order chi connectivity index (χ1) is 11.0. The Bertz CT molecular complexity index is 487. The van der Waals surface area contributed by atoms with Crippen LogP contribution in [0.4, 0.5) is 0 Å². The van der Waals surface area contributed by atoms with E-state index in [1.54, 1.807) is 0 Å². The van der Waals surface area contributed by atoms with Crippen LogP contribution in [0.2, 0.25) is 5.02 Å². The molecule has 1 atom stereocenters. The lowest BCUT2D eigenvalue weighted by molar-refractivity contribution is -0.159.